The molecule has 0 aliphatic heterocycles. The fourth-order valence-electron chi connectivity index (χ4n) is 4.43. The number of rotatable bonds is 10. The molecule has 6 nitrogen and oxygen atoms in total. The van der Waals surface area contributed by atoms with Crippen molar-refractivity contribution in [1.29, 1.82) is 0 Å². The number of carbonyl (C=O) groups is 2. The fraction of sp³-hybridized carbons (Fsp3) is 0.750. The van der Waals surface area contributed by atoms with Crippen LogP contribution in [0.25, 0.3) is 0 Å². The second-order valence-electron chi connectivity index (χ2n) is 8.66. The van der Waals surface area contributed by atoms with Gasteiger partial charge >= 0.3 is 0 Å². The van der Waals surface area contributed by atoms with Gasteiger partial charge in [-0.1, -0.05) is 52.4 Å². The predicted molar refractivity (Wildman–Crippen MR) is 123 cm³/mol. The molecule has 2 amide bonds. The number of unbranched alkanes of at least 4 members (excludes halogenated alkanes) is 2. The average molecular weight is 417 g/mol. The van der Waals surface area contributed by atoms with Crippen molar-refractivity contribution in [1.82, 2.24) is 10.9 Å². The van der Waals surface area contributed by atoms with Crippen LogP contribution in [0.15, 0.2) is 22.4 Å². The molecule has 0 aromatic heterocycles. The van der Waals surface area contributed by atoms with Crippen molar-refractivity contribution in [3.05, 3.63) is 12.2 Å². The summed E-state index contributed by atoms with van der Waals surface area (Å²) in [6, 6.07) is 0. The van der Waals surface area contributed by atoms with Gasteiger partial charge in [0.25, 0.3) is 11.8 Å². The molecule has 0 aromatic rings. The van der Waals surface area contributed by atoms with Gasteiger partial charge in [-0.05, 0) is 63.2 Å². The lowest BCUT2D eigenvalue weighted by Crippen LogP contribution is -2.26. The first-order valence-corrected chi connectivity index (χ1v) is 12.0. The Kier molecular flexibility index (Phi) is 11.4. The average Bonchev–Trinajstić information content (AvgIpc) is 2.78. The first kappa shape index (κ1) is 24.3. The summed E-state index contributed by atoms with van der Waals surface area (Å²) in [5.41, 5.74) is 7.39. The molecule has 2 aliphatic carbocycles. The van der Waals surface area contributed by atoms with Crippen LogP contribution in [0.1, 0.15) is 104 Å². The third-order valence-corrected chi connectivity index (χ3v) is 6.23. The van der Waals surface area contributed by atoms with E-state index in [4.69, 9.17) is 0 Å². The van der Waals surface area contributed by atoms with E-state index in [1.54, 1.807) is 0 Å². The quantitative estimate of drug-likeness (QED) is 0.377. The third kappa shape index (κ3) is 8.80. The molecular formula is C24H40N4O2. The largest absolute Gasteiger partial charge is 0.268 e. The molecule has 6 heteroatoms. The third-order valence-electron chi connectivity index (χ3n) is 6.23. The van der Waals surface area contributed by atoms with E-state index < -0.39 is 0 Å². The van der Waals surface area contributed by atoms with Crippen LogP contribution >= 0.6 is 0 Å². The molecule has 168 valence electrons. The van der Waals surface area contributed by atoms with Crippen molar-refractivity contribution < 1.29 is 9.59 Å². The lowest BCUT2D eigenvalue weighted by atomic mass is 9.84. The normalized spacial score (nSPS) is 25.0. The Morgan fingerprint density at radius 1 is 0.800 bits per heavy atom. The Hall–Kier alpha value is -1.98. The van der Waals surface area contributed by atoms with Crippen molar-refractivity contribution in [2.24, 2.45) is 22.0 Å². The molecule has 0 aromatic carbocycles. The number of nitrogens with one attached hydrogen (secondary N) is 2. The number of hydrazone groups is 2. The van der Waals surface area contributed by atoms with Crippen LogP contribution < -0.4 is 10.9 Å². The number of carbonyl (C=O) groups excluding carboxylic acids is 2. The molecule has 30 heavy (non-hydrogen) atoms. The van der Waals surface area contributed by atoms with Crippen LogP contribution in [0.3, 0.4) is 0 Å². The van der Waals surface area contributed by atoms with Gasteiger partial charge in [0.15, 0.2) is 0 Å². The van der Waals surface area contributed by atoms with E-state index in [0.29, 0.717) is 11.8 Å². The van der Waals surface area contributed by atoms with Gasteiger partial charge in [-0.2, -0.15) is 10.2 Å². The highest BCUT2D eigenvalue weighted by atomic mass is 16.2. The van der Waals surface area contributed by atoms with Gasteiger partial charge in [0, 0.05) is 23.6 Å². The molecule has 0 radical (unpaired) electrons. The summed E-state index contributed by atoms with van der Waals surface area (Å²) < 4.78 is 0. The summed E-state index contributed by atoms with van der Waals surface area (Å²) in [5.74, 6) is 0.226. The van der Waals surface area contributed by atoms with Crippen molar-refractivity contribution in [3.63, 3.8) is 0 Å². The van der Waals surface area contributed by atoms with E-state index in [-0.39, 0.29) is 11.8 Å². The van der Waals surface area contributed by atoms with Crippen molar-refractivity contribution in [2.75, 3.05) is 0 Å². The number of hydrogen-bond donors (Lipinski definition) is 2. The molecule has 0 saturated heterocycles. The van der Waals surface area contributed by atoms with E-state index in [0.717, 1.165) is 62.8 Å². The van der Waals surface area contributed by atoms with Crippen molar-refractivity contribution >= 4 is 23.2 Å². The number of nitrogens with zero attached hydrogens (tertiary/aromatic N) is 2. The van der Waals surface area contributed by atoms with Crippen LogP contribution in [-0.2, 0) is 9.59 Å². The zero-order valence-electron chi connectivity index (χ0n) is 18.9. The van der Waals surface area contributed by atoms with Crippen molar-refractivity contribution in [2.45, 2.75) is 104 Å². The minimum Gasteiger partial charge on any atom is -0.268 e. The van der Waals surface area contributed by atoms with Crippen LogP contribution in [0, 0.1) is 11.8 Å². The maximum atomic E-state index is 12.1. The van der Waals surface area contributed by atoms with Crippen LogP contribution in [0.5, 0.6) is 0 Å². The Balaban J connectivity index is 1.81. The smallest absolute Gasteiger partial charge is 0.264 e. The summed E-state index contributed by atoms with van der Waals surface area (Å²) in [6.45, 7) is 4.39. The number of hydrogen-bond acceptors (Lipinski definition) is 4. The van der Waals surface area contributed by atoms with E-state index in [9.17, 15) is 9.59 Å². The maximum Gasteiger partial charge on any atom is 0.264 e. The summed E-state index contributed by atoms with van der Waals surface area (Å²) >= 11 is 0. The maximum absolute atomic E-state index is 12.1. The lowest BCUT2D eigenvalue weighted by Gasteiger charge is -2.23. The SMILES string of the molecule is CCCCC1CCCCC1=NNC(=O)C=CC(=O)NN=C1CCCCC1CCCC. The van der Waals surface area contributed by atoms with E-state index in [2.05, 4.69) is 34.9 Å². The van der Waals surface area contributed by atoms with Gasteiger partial charge in [0.1, 0.15) is 0 Å². The minimum absolute atomic E-state index is 0.372. The molecular weight excluding hydrogens is 376 g/mol. The Morgan fingerprint density at radius 2 is 1.23 bits per heavy atom. The van der Waals surface area contributed by atoms with Crippen LogP contribution in [0.2, 0.25) is 0 Å². The Morgan fingerprint density at radius 3 is 1.63 bits per heavy atom. The highest BCUT2D eigenvalue weighted by Crippen LogP contribution is 2.26. The predicted octanol–water partition coefficient (Wildman–Crippen LogP) is 5.25. The summed E-state index contributed by atoms with van der Waals surface area (Å²) in [5, 5.41) is 8.72. The highest BCUT2D eigenvalue weighted by Gasteiger charge is 2.21. The Labute approximate surface area is 182 Å². The summed E-state index contributed by atoms with van der Waals surface area (Å²) in [7, 11) is 0. The highest BCUT2D eigenvalue weighted by molar-refractivity contribution is 5.98. The monoisotopic (exact) mass is 416 g/mol. The van der Waals surface area contributed by atoms with Crippen molar-refractivity contribution in [3.8, 4) is 0 Å². The molecule has 2 unspecified atom stereocenters. The standard InChI is InChI=1S/C24H40N4O2/c1-3-5-11-19-13-7-9-15-21(19)25-27-23(29)17-18-24(30)28-26-22-16-10-8-14-20(22)12-6-4-2/h17-20H,3-16H2,1-2H3,(H,27,29)(H,28,30). The van der Waals surface area contributed by atoms with E-state index in [1.165, 1.54) is 50.7 Å². The fourth-order valence-corrected chi connectivity index (χ4v) is 4.43. The second kappa shape index (κ2) is 14.1. The van der Waals surface area contributed by atoms with Gasteiger partial charge in [-0.15, -0.1) is 0 Å². The first-order valence-electron chi connectivity index (χ1n) is 12.0. The molecule has 2 fully saturated rings. The lowest BCUT2D eigenvalue weighted by molar-refractivity contribution is -0.118. The zero-order valence-corrected chi connectivity index (χ0v) is 18.9. The molecule has 2 rings (SSSR count). The van der Waals surface area contributed by atoms with Crippen LogP contribution in [-0.4, -0.2) is 23.2 Å². The van der Waals surface area contributed by atoms with Crippen LogP contribution in [0.4, 0.5) is 0 Å². The molecule has 2 N–H and O–H groups in total. The molecule has 0 spiro atoms. The van der Waals surface area contributed by atoms with E-state index >= 15 is 0 Å². The molecule has 2 aliphatic rings. The van der Waals surface area contributed by atoms with Gasteiger partial charge in [-0.3, -0.25) is 9.59 Å². The van der Waals surface area contributed by atoms with Gasteiger partial charge in [-0.25, -0.2) is 10.9 Å². The van der Waals surface area contributed by atoms with Gasteiger partial charge < -0.3 is 0 Å². The summed E-state index contributed by atoms with van der Waals surface area (Å²) in [4.78, 5) is 24.1. The van der Waals surface area contributed by atoms with Gasteiger partial charge in [0.2, 0.25) is 0 Å². The van der Waals surface area contributed by atoms with E-state index in [1.807, 2.05) is 0 Å². The molecule has 2 saturated carbocycles. The molecule has 2 atom stereocenters. The van der Waals surface area contributed by atoms with Gasteiger partial charge in [0.05, 0.1) is 0 Å². The molecule has 0 heterocycles. The number of amides is 2. The molecule has 0 bridgehead atoms. The second-order valence-corrected chi connectivity index (χ2v) is 8.66. The first-order chi connectivity index (χ1) is 14.6. The Bertz CT molecular complexity index is 585. The minimum atomic E-state index is -0.372. The topological polar surface area (TPSA) is 82.9 Å². The summed E-state index contributed by atoms with van der Waals surface area (Å²) in [6.07, 6.45) is 18.5. The zero-order chi connectivity index (χ0) is 21.6.